The topological polar surface area (TPSA) is 40.5 Å². The fourth-order valence-corrected chi connectivity index (χ4v) is 1.68. The fourth-order valence-electron chi connectivity index (χ4n) is 1.68. The van der Waals surface area contributed by atoms with Gasteiger partial charge in [-0.15, -0.1) is 0 Å². The van der Waals surface area contributed by atoms with Crippen LogP contribution in [0.2, 0.25) is 0 Å². The van der Waals surface area contributed by atoms with Crippen LogP contribution < -0.4 is 0 Å². The molecule has 0 aromatic carbocycles. The zero-order chi connectivity index (χ0) is 10.2. The van der Waals surface area contributed by atoms with Gasteiger partial charge in [-0.1, -0.05) is 31.8 Å². The molecule has 1 rings (SSSR count). The molecule has 0 saturated carbocycles. The average molecular weight is 196 g/mol. The normalized spacial score (nSPS) is 28.9. The third-order valence-electron chi connectivity index (χ3n) is 2.61. The van der Waals surface area contributed by atoms with Gasteiger partial charge in [0.15, 0.2) is 5.76 Å². The lowest BCUT2D eigenvalue weighted by Gasteiger charge is -2.04. The standard InChI is InChI=1S/C12H20O2/c13-11-9-7-5-3-1-2-4-6-8-10-12(11)14/h7,9,13-14H,1-6,8,10H2/b9-7+,12-11-. The molecule has 0 unspecified atom stereocenters. The van der Waals surface area contributed by atoms with Gasteiger partial charge in [-0.25, -0.2) is 0 Å². The van der Waals surface area contributed by atoms with E-state index in [0.29, 0.717) is 6.42 Å². The van der Waals surface area contributed by atoms with E-state index in [0.717, 1.165) is 19.3 Å². The number of aliphatic hydroxyl groups is 2. The predicted molar refractivity (Wildman–Crippen MR) is 58.4 cm³/mol. The van der Waals surface area contributed by atoms with Gasteiger partial charge in [0.2, 0.25) is 0 Å². The van der Waals surface area contributed by atoms with Crippen molar-refractivity contribution in [2.24, 2.45) is 0 Å². The SMILES string of the molecule is OC1=C(\O)CCCCCCCC\C=C\1. The minimum Gasteiger partial charge on any atom is -0.508 e. The fraction of sp³-hybridized carbons (Fsp3) is 0.667. The lowest BCUT2D eigenvalue weighted by molar-refractivity contribution is 0.318. The summed E-state index contributed by atoms with van der Waals surface area (Å²) in [6.45, 7) is 0. The van der Waals surface area contributed by atoms with Crippen molar-refractivity contribution in [1.29, 1.82) is 0 Å². The van der Waals surface area contributed by atoms with Gasteiger partial charge in [-0.3, -0.25) is 0 Å². The summed E-state index contributed by atoms with van der Waals surface area (Å²) in [5.41, 5.74) is 0. The van der Waals surface area contributed by atoms with Gasteiger partial charge in [0.25, 0.3) is 0 Å². The third-order valence-corrected chi connectivity index (χ3v) is 2.61. The number of rotatable bonds is 0. The van der Waals surface area contributed by atoms with Crippen molar-refractivity contribution in [1.82, 2.24) is 0 Å². The molecule has 2 nitrogen and oxygen atoms in total. The molecule has 0 fully saturated rings. The molecule has 0 aromatic rings. The molecule has 1 aliphatic rings. The molecule has 0 heterocycles. The van der Waals surface area contributed by atoms with Gasteiger partial charge in [-0.05, 0) is 25.3 Å². The number of hydrogen-bond donors (Lipinski definition) is 2. The van der Waals surface area contributed by atoms with Gasteiger partial charge in [-0.2, -0.15) is 0 Å². The quantitative estimate of drug-likeness (QED) is 0.614. The minimum absolute atomic E-state index is 0.0468. The summed E-state index contributed by atoms with van der Waals surface area (Å²) in [6.07, 6.45) is 12.3. The first-order valence-electron chi connectivity index (χ1n) is 5.58. The van der Waals surface area contributed by atoms with Crippen molar-refractivity contribution in [3.63, 3.8) is 0 Å². The molecule has 0 aliphatic heterocycles. The van der Waals surface area contributed by atoms with Crippen molar-refractivity contribution in [3.05, 3.63) is 23.7 Å². The molecular weight excluding hydrogens is 176 g/mol. The highest BCUT2D eigenvalue weighted by Gasteiger charge is 2.01. The lowest BCUT2D eigenvalue weighted by Crippen LogP contribution is -1.90. The maximum Gasteiger partial charge on any atom is 0.152 e. The van der Waals surface area contributed by atoms with Crippen LogP contribution in [0, 0.1) is 0 Å². The van der Waals surface area contributed by atoms with E-state index in [1.165, 1.54) is 25.7 Å². The van der Waals surface area contributed by atoms with Gasteiger partial charge in [0.05, 0.1) is 0 Å². The maximum absolute atomic E-state index is 9.44. The van der Waals surface area contributed by atoms with Crippen molar-refractivity contribution in [3.8, 4) is 0 Å². The van der Waals surface area contributed by atoms with Crippen LogP contribution in [0.3, 0.4) is 0 Å². The molecular formula is C12H20O2. The summed E-state index contributed by atoms with van der Waals surface area (Å²) in [5, 5.41) is 18.8. The van der Waals surface area contributed by atoms with E-state index in [-0.39, 0.29) is 11.5 Å². The minimum atomic E-state index is 0.0468. The highest BCUT2D eigenvalue weighted by molar-refractivity contribution is 5.14. The molecule has 0 bridgehead atoms. The average Bonchev–Trinajstić information content (AvgIpc) is 2.18. The van der Waals surface area contributed by atoms with Crippen LogP contribution in [0.15, 0.2) is 23.7 Å². The summed E-state index contributed by atoms with van der Waals surface area (Å²) < 4.78 is 0. The van der Waals surface area contributed by atoms with E-state index < -0.39 is 0 Å². The molecule has 0 atom stereocenters. The van der Waals surface area contributed by atoms with Gasteiger partial charge in [0.1, 0.15) is 5.76 Å². The smallest absolute Gasteiger partial charge is 0.152 e. The maximum atomic E-state index is 9.44. The first kappa shape index (κ1) is 11.2. The van der Waals surface area contributed by atoms with Crippen LogP contribution in [0.25, 0.3) is 0 Å². The summed E-state index contributed by atoms with van der Waals surface area (Å²) in [6, 6.07) is 0. The van der Waals surface area contributed by atoms with Crippen LogP contribution in [0.5, 0.6) is 0 Å². The highest BCUT2D eigenvalue weighted by Crippen LogP contribution is 2.15. The van der Waals surface area contributed by atoms with Gasteiger partial charge >= 0.3 is 0 Å². The zero-order valence-electron chi connectivity index (χ0n) is 8.71. The van der Waals surface area contributed by atoms with E-state index in [9.17, 15) is 10.2 Å². The van der Waals surface area contributed by atoms with Crippen LogP contribution in [0.1, 0.15) is 51.4 Å². The number of allylic oxidation sites excluding steroid dienone is 3. The van der Waals surface area contributed by atoms with Crippen molar-refractivity contribution in [2.75, 3.05) is 0 Å². The Morgan fingerprint density at radius 3 is 2.29 bits per heavy atom. The number of hydrogen-bond acceptors (Lipinski definition) is 2. The Morgan fingerprint density at radius 2 is 1.50 bits per heavy atom. The van der Waals surface area contributed by atoms with Crippen molar-refractivity contribution < 1.29 is 10.2 Å². The largest absolute Gasteiger partial charge is 0.508 e. The van der Waals surface area contributed by atoms with Crippen LogP contribution >= 0.6 is 0 Å². The second kappa shape index (κ2) is 6.52. The monoisotopic (exact) mass is 196 g/mol. The predicted octanol–water partition coefficient (Wildman–Crippen LogP) is 4.00. The molecule has 0 amide bonds. The molecule has 14 heavy (non-hydrogen) atoms. The Kier molecular flexibility index (Phi) is 5.20. The van der Waals surface area contributed by atoms with Crippen molar-refractivity contribution >= 4 is 0 Å². The van der Waals surface area contributed by atoms with Gasteiger partial charge in [0, 0.05) is 6.42 Å². The zero-order valence-corrected chi connectivity index (χ0v) is 8.71. The molecule has 1 aliphatic carbocycles. The number of aliphatic hydroxyl groups excluding tert-OH is 2. The Balaban J connectivity index is 2.50. The van der Waals surface area contributed by atoms with E-state index in [1.54, 1.807) is 6.08 Å². The molecule has 0 spiro atoms. The molecule has 2 heteroatoms. The van der Waals surface area contributed by atoms with E-state index in [1.807, 2.05) is 6.08 Å². The molecule has 0 radical (unpaired) electrons. The van der Waals surface area contributed by atoms with E-state index in [2.05, 4.69) is 0 Å². The molecule has 80 valence electrons. The van der Waals surface area contributed by atoms with E-state index in [4.69, 9.17) is 0 Å². The first-order chi connectivity index (χ1) is 6.80. The van der Waals surface area contributed by atoms with Crippen molar-refractivity contribution in [2.45, 2.75) is 51.4 Å². The Bertz CT molecular complexity index is 216. The third kappa shape index (κ3) is 4.35. The summed E-state index contributed by atoms with van der Waals surface area (Å²) in [7, 11) is 0. The molecule has 0 saturated heterocycles. The second-order valence-electron chi connectivity index (χ2n) is 3.89. The Morgan fingerprint density at radius 1 is 0.857 bits per heavy atom. The van der Waals surface area contributed by atoms with Crippen LogP contribution in [-0.4, -0.2) is 10.2 Å². The Labute approximate surface area is 86.0 Å². The lowest BCUT2D eigenvalue weighted by atomic mass is 10.1. The van der Waals surface area contributed by atoms with Gasteiger partial charge < -0.3 is 10.2 Å². The first-order valence-corrected chi connectivity index (χ1v) is 5.58. The Hall–Kier alpha value is -0.920. The molecule has 2 N–H and O–H groups in total. The van der Waals surface area contributed by atoms with Crippen LogP contribution in [0.4, 0.5) is 0 Å². The molecule has 0 aromatic heterocycles. The summed E-state index contributed by atoms with van der Waals surface area (Å²) in [4.78, 5) is 0. The summed E-state index contributed by atoms with van der Waals surface area (Å²) in [5.74, 6) is 0.187. The highest BCUT2D eigenvalue weighted by atomic mass is 16.3. The summed E-state index contributed by atoms with van der Waals surface area (Å²) >= 11 is 0. The van der Waals surface area contributed by atoms with E-state index >= 15 is 0 Å². The second-order valence-corrected chi connectivity index (χ2v) is 3.89. The van der Waals surface area contributed by atoms with Crippen LogP contribution in [-0.2, 0) is 0 Å².